The average molecular weight is 290 g/mol. The molecule has 1 aliphatic rings. The number of imidazole rings is 1. The molecule has 20 heavy (non-hydrogen) atoms. The Kier molecular flexibility index (Phi) is 3.82. The van der Waals surface area contributed by atoms with Crippen molar-refractivity contribution in [2.75, 3.05) is 13.1 Å². The summed E-state index contributed by atoms with van der Waals surface area (Å²) < 4.78 is 2.22. The molecule has 0 radical (unpaired) electrons. The highest BCUT2D eigenvalue weighted by Crippen LogP contribution is 2.24. The molecular weight excluding hydrogens is 272 g/mol. The molecule has 6 heteroatoms. The van der Waals surface area contributed by atoms with Crippen molar-refractivity contribution in [1.82, 2.24) is 19.4 Å². The third-order valence-corrected chi connectivity index (χ3v) is 4.38. The van der Waals surface area contributed by atoms with E-state index in [2.05, 4.69) is 21.5 Å². The van der Waals surface area contributed by atoms with Crippen molar-refractivity contribution in [3.63, 3.8) is 0 Å². The third kappa shape index (κ3) is 2.47. The van der Waals surface area contributed by atoms with Gasteiger partial charge in [0.15, 0.2) is 0 Å². The lowest BCUT2D eigenvalue weighted by Crippen LogP contribution is -2.41. The highest BCUT2D eigenvalue weighted by Gasteiger charge is 2.27. The lowest BCUT2D eigenvalue weighted by Gasteiger charge is -2.33. The summed E-state index contributed by atoms with van der Waals surface area (Å²) in [5.74, 6) is 1.15. The van der Waals surface area contributed by atoms with Gasteiger partial charge >= 0.3 is 0 Å². The number of thiazole rings is 1. The number of carbonyl (C=O) groups excluding carboxylic acids is 1. The number of aromatic nitrogens is 3. The van der Waals surface area contributed by atoms with Gasteiger partial charge in [0.1, 0.15) is 11.5 Å². The van der Waals surface area contributed by atoms with E-state index in [1.807, 2.05) is 22.7 Å². The van der Waals surface area contributed by atoms with Gasteiger partial charge in [-0.3, -0.25) is 4.79 Å². The van der Waals surface area contributed by atoms with Crippen LogP contribution < -0.4 is 0 Å². The molecule has 0 N–H and O–H groups in total. The minimum atomic E-state index is 0.0501. The van der Waals surface area contributed by atoms with Crippen LogP contribution in [0.5, 0.6) is 0 Å². The maximum Gasteiger partial charge on any atom is 0.273 e. The fourth-order valence-electron chi connectivity index (χ4n) is 2.80. The Labute approximate surface area is 122 Å². The number of carbonyl (C=O) groups is 1. The Morgan fingerprint density at radius 1 is 1.50 bits per heavy atom. The van der Waals surface area contributed by atoms with Gasteiger partial charge in [0.25, 0.3) is 5.91 Å². The zero-order valence-electron chi connectivity index (χ0n) is 11.5. The first-order valence-electron chi connectivity index (χ1n) is 6.98. The van der Waals surface area contributed by atoms with Crippen molar-refractivity contribution < 1.29 is 4.79 Å². The molecule has 0 bridgehead atoms. The molecule has 0 unspecified atom stereocenters. The smallest absolute Gasteiger partial charge is 0.273 e. The van der Waals surface area contributed by atoms with E-state index < -0.39 is 0 Å². The number of piperidine rings is 1. The molecule has 2 aromatic rings. The predicted octanol–water partition coefficient (Wildman–Crippen LogP) is 2.38. The van der Waals surface area contributed by atoms with Gasteiger partial charge < -0.3 is 9.47 Å². The van der Waals surface area contributed by atoms with Gasteiger partial charge in [-0.15, -0.1) is 11.3 Å². The van der Waals surface area contributed by atoms with Crippen LogP contribution in [0, 0.1) is 0 Å². The molecule has 5 nitrogen and oxygen atoms in total. The first-order chi connectivity index (χ1) is 9.79. The van der Waals surface area contributed by atoms with Crippen LogP contribution in [0.2, 0.25) is 0 Å². The van der Waals surface area contributed by atoms with E-state index in [0.717, 1.165) is 38.2 Å². The molecule has 0 aliphatic carbocycles. The van der Waals surface area contributed by atoms with Gasteiger partial charge in [0, 0.05) is 37.3 Å². The second-order valence-corrected chi connectivity index (χ2v) is 5.74. The summed E-state index contributed by atoms with van der Waals surface area (Å²) in [5.41, 5.74) is 2.27. The molecular formula is C14H18N4OS. The number of rotatable bonds is 3. The number of hydrogen-bond donors (Lipinski definition) is 0. The standard InChI is InChI=1S/C14H18N4OS/c1-2-13-15-5-7-18(13)11-4-3-6-17(8-11)14(19)12-9-20-10-16-12/h5,7,9-11H,2-4,6,8H2,1H3/t11-/m0/s1. The van der Waals surface area contributed by atoms with Crippen LogP contribution in [-0.4, -0.2) is 38.4 Å². The molecule has 3 rings (SSSR count). The average Bonchev–Trinajstić information content (AvgIpc) is 3.17. The fraction of sp³-hybridized carbons (Fsp3) is 0.500. The van der Waals surface area contributed by atoms with Crippen LogP contribution in [0.15, 0.2) is 23.3 Å². The van der Waals surface area contributed by atoms with E-state index >= 15 is 0 Å². The van der Waals surface area contributed by atoms with Crippen LogP contribution >= 0.6 is 11.3 Å². The van der Waals surface area contributed by atoms with E-state index in [0.29, 0.717) is 11.7 Å². The van der Waals surface area contributed by atoms with E-state index in [9.17, 15) is 4.79 Å². The maximum absolute atomic E-state index is 12.4. The lowest BCUT2D eigenvalue weighted by molar-refractivity contribution is 0.0673. The van der Waals surface area contributed by atoms with Crippen LogP contribution in [0.25, 0.3) is 0 Å². The summed E-state index contributed by atoms with van der Waals surface area (Å²) in [7, 11) is 0. The van der Waals surface area contributed by atoms with E-state index in [1.165, 1.54) is 11.3 Å². The van der Waals surface area contributed by atoms with Gasteiger partial charge in [-0.05, 0) is 12.8 Å². The second kappa shape index (κ2) is 5.75. The van der Waals surface area contributed by atoms with E-state index in [4.69, 9.17) is 0 Å². The molecule has 1 fully saturated rings. The number of nitrogens with zero attached hydrogens (tertiary/aromatic N) is 4. The van der Waals surface area contributed by atoms with Gasteiger partial charge in [0.05, 0.1) is 11.6 Å². The van der Waals surface area contributed by atoms with Crippen molar-refractivity contribution in [2.24, 2.45) is 0 Å². The zero-order valence-corrected chi connectivity index (χ0v) is 12.3. The minimum absolute atomic E-state index is 0.0501. The summed E-state index contributed by atoms with van der Waals surface area (Å²) in [6.07, 6.45) is 6.93. The first kappa shape index (κ1) is 13.3. The molecule has 1 atom stereocenters. The van der Waals surface area contributed by atoms with Crippen LogP contribution in [0.4, 0.5) is 0 Å². The highest BCUT2D eigenvalue weighted by atomic mass is 32.1. The van der Waals surface area contributed by atoms with Crippen LogP contribution in [0.1, 0.15) is 42.1 Å². The molecule has 0 spiro atoms. The van der Waals surface area contributed by atoms with E-state index in [1.54, 1.807) is 5.51 Å². The maximum atomic E-state index is 12.4. The summed E-state index contributed by atoms with van der Waals surface area (Å²) in [5, 5.41) is 1.82. The first-order valence-corrected chi connectivity index (χ1v) is 7.93. The quantitative estimate of drug-likeness (QED) is 0.872. The lowest BCUT2D eigenvalue weighted by atomic mass is 10.0. The molecule has 106 valence electrons. The monoisotopic (exact) mass is 290 g/mol. The predicted molar refractivity (Wildman–Crippen MR) is 77.9 cm³/mol. The molecule has 1 amide bonds. The molecule has 0 saturated carbocycles. The summed E-state index contributed by atoms with van der Waals surface area (Å²) in [6.45, 7) is 3.68. The number of likely N-dealkylation sites (tertiary alicyclic amines) is 1. The van der Waals surface area contributed by atoms with Crippen molar-refractivity contribution >= 4 is 17.2 Å². The minimum Gasteiger partial charge on any atom is -0.335 e. The topological polar surface area (TPSA) is 51.0 Å². The Bertz CT molecular complexity index is 578. The van der Waals surface area contributed by atoms with Crippen molar-refractivity contribution in [3.05, 3.63) is 34.8 Å². The normalized spacial score (nSPS) is 19.2. The highest BCUT2D eigenvalue weighted by molar-refractivity contribution is 7.07. The fourth-order valence-corrected chi connectivity index (χ4v) is 3.32. The molecule has 2 aromatic heterocycles. The largest absolute Gasteiger partial charge is 0.335 e. The Morgan fingerprint density at radius 3 is 3.15 bits per heavy atom. The van der Waals surface area contributed by atoms with E-state index in [-0.39, 0.29) is 5.91 Å². The van der Waals surface area contributed by atoms with Crippen molar-refractivity contribution in [2.45, 2.75) is 32.2 Å². The summed E-state index contributed by atoms with van der Waals surface area (Å²) in [4.78, 5) is 22.8. The van der Waals surface area contributed by atoms with Crippen LogP contribution in [-0.2, 0) is 6.42 Å². The molecule has 1 aliphatic heterocycles. The van der Waals surface area contributed by atoms with Crippen LogP contribution in [0.3, 0.4) is 0 Å². The molecule has 1 saturated heterocycles. The Hall–Kier alpha value is -1.69. The summed E-state index contributed by atoms with van der Waals surface area (Å²) in [6, 6.07) is 0.337. The third-order valence-electron chi connectivity index (χ3n) is 3.79. The van der Waals surface area contributed by atoms with Gasteiger partial charge in [-0.25, -0.2) is 9.97 Å². The number of hydrogen-bond acceptors (Lipinski definition) is 4. The second-order valence-electron chi connectivity index (χ2n) is 5.03. The van der Waals surface area contributed by atoms with Gasteiger partial charge in [-0.1, -0.05) is 6.92 Å². The number of amides is 1. The SMILES string of the molecule is CCc1nccn1[C@H]1CCCN(C(=O)c2cscn2)C1. The zero-order chi connectivity index (χ0) is 13.9. The van der Waals surface area contributed by atoms with Gasteiger partial charge in [-0.2, -0.15) is 0 Å². The van der Waals surface area contributed by atoms with Gasteiger partial charge in [0.2, 0.25) is 0 Å². The Morgan fingerprint density at radius 2 is 2.40 bits per heavy atom. The molecule has 3 heterocycles. The number of aryl methyl sites for hydroxylation is 1. The summed E-state index contributed by atoms with van der Waals surface area (Å²) >= 11 is 1.46. The Balaban J connectivity index is 1.75. The molecule has 0 aromatic carbocycles. The van der Waals surface area contributed by atoms with Crippen molar-refractivity contribution in [3.8, 4) is 0 Å². The van der Waals surface area contributed by atoms with Crippen molar-refractivity contribution in [1.29, 1.82) is 0 Å².